The predicted molar refractivity (Wildman–Crippen MR) is 83.2 cm³/mol. The molecular formula is C14H12FN3S2. The van der Waals surface area contributed by atoms with Crippen molar-refractivity contribution in [2.75, 3.05) is 0 Å². The highest BCUT2D eigenvalue weighted by Crippen LogP contribution is 2.33. The van der Waals surface area contributed by atoms with Crippen molar-refractivity contribution in [3.05, 3.63) is 58.0 Å². The van der Waals surface area contributed by atoms with Crippen LogP contribution in [0, 0.1) is 5.82 Å². The molecule has 3 rings (SSSR count). The first-order valence-electron chi connectivity index (χ1n) is 6.10. The van der Waals surface area contributed by atoms with Crippen LogP contribution in [0.5, 0.6) is 0 Å². The molecule has 6 heteroatoms. The molecule has 2 N–H and O–H groups in total. The third-order valence-electron chi connectivity index (χ3n) is 3.18. The van der Waals surface area contributed by atoms with Crippen molar-refractivity contribution < 1.29 is 4.39 Å². The molecule has 3 nitrogen and oxygen atoms in total. The van der Waals surface area contributed by atoms with Crippen LogP contribution in [0.4, 0.5) is 4.39 Å². The fourth-order valence-corrected chi connectivity index (χ4v) is 3.17. The van der Waals surface area contributed by atoms with Gasteiger partial charge in [0.1, 0.15) is 5.82 Å². The lowest BCUT2D eigenvalue weighted by Crippen LogP contribution is -2.31. The Morgan fingerprint density at radius 3 is 2.90 bits per heavy atom. The van der Waals surface area contributed by atoms with Gasteiger partial charge in [-0.1, -0.05) is 18.2 Å². The highest BCUT2D eigenvalue weighted by Gasteiger charge is 2.30. The molecule has 1 unspecified atom stereocenters. The zero-order valence-electron chi connectivity index (χ0n) is 10.5. The second-order valence-corrected chi connectivity index (χ2v) is 5.85. The fraction of sp³-hybridized carbons (Fsp3) is 0.143. The summed E-state index contributed by atoms with van der Waals surface area (Å²) in [7, 11) is 0. The number of thiocarbonyl (C=S) groups is 1. The number of rotatable bonds is 2. The number of nitrogens with two attached hydrogens (primary N) is 1. The average Bonchev–Trinajstić information content (AvgIpc) is 3.08. The van der Waals surface area contributed by atoms with Gasteiger partial charge in [0, 0.05) is 6.42 Å². The summed E-state index contributed by atoms with van der Waals surface area (Å²) in [5.41, 5.74) is 7.50. The van der Waals surface area contributed by atoms with E-state index in [1.54, 1.807) is 22.4 Å². The number of hydrazone groups is 1. The average molecular weight is 305 g/mol. The highest BCUT2D eigenvalue weighted by molar-refractivity contribution is 7.80. The number of thiophene rings is 1. The normalized spacial score (nSPS) is 18.1. The Hall–Kier alpha value is -1.79. The second-order valence-electron chi connectivity index (χ2n) is 4.48. The van der Waals surface area contributed by atoms with E-state index in [1.807, 2.05) is 23.6 Å². The van der Waals surface area contributed by atoms with Crippen LogP contribution in [-0.2, 0) is 0 Å². The molecule has 1 aliphatic heterocycles. The Bertz CT molecular complexity index is 667. The van der Waals surface area contributed by atoms with Crippen LogP contribution in [0.2, 0.25) is 0 Å². The summed E-state index contributed by atoms with van der Waals surface area (Å²) in [6.07, 6.45) is 0.668. The van der Waals surface area contributed by atoms with Crippen molar-refractivity contribution in [2.24, 2.45) is 10.8 Å². The van der Waals surface area contributed by atoms with E-state index in [0.29, 0.717) is 6.42 Å². The van der Waals surface area contributed by atoms with Gasteiger partial charge in [-0.3, -0.25) is 0 Å². The van der Waals surface area contributed by atoms with Gasteiger partial charge in [0.15, 0.2) is 5.11 Å². The van der Waals surface area contributed by atoms with Crippen molar-refractivity contribution in [1.29, 1.82) is 0 Å². The maximum atomic E-state index is 13.4. The summed E-state index contributed by atoms with van der Waals surface area (Å²) in [4.78, 5) is 1.09. The van der Waals surface area contributed by atoms with Crippen molar-refractivity contribution in [1.82, 2.24) is 5.01 Å². The van der Waals surface area contributed by atoms with E-state index in [4.69, 9.17) is 18.0 Å². The van der Waals surface area contributed by atoms with Crippen molar-refractivity contribution in [3.63, 3.8) is 0 Å². The van der Waals surface area contributed by atoms with Crippen LogP contribution in [-0.4, -0.2) is 15.8 Å². The van der Waals surface area contributed by atoms with Gasteiger partial charge in [-0.05, 0) is 41.4 Å². The maximum Gasteiger partial charge on any atom is 0.187 e. The van der Waals surface area contributed by atoms with Crippen LogP contribution in [0.3, 0.4) is 0 Å². The smallest absolute Gasteiger partial charge is 0.187 e. The van der Waals surface area contributed by atoms with E-state index in [-0.39, 0.29) is 17.0 Å². The molecular weight excluding hydrogens is 293 g/mol. The first kappa shape index (κ1) is 13.2. The molecule has 1 aromatic heterocycles. The number of benzene rings is 1. The molecule has 0 saturated heterocycles. The molecule has 1 aliphatic rings. The lowest BCUT2D eigenvalue weighted by atomic mass is 10.0. The van der Waals surface area contributed by atoms with Crippen LogP contribution >= 0.6 is 23.6 Å². The quantitative estimate of drug-likeness (QED) is 0.866. The molecule has 1 atom stereocenters. The summed E-state index contributed by atoms with van der Waals surface area (Å²) >= 11 is 6.67. The van der Waals surface area contributed by atoms with Crippen molar-refractivity contribution in [3.8, 4) is 0 Å². The molecule has 2 heterocycles. The summed E-state index contributed by atoms with van der Waals surface area (Å²) in [5.74, 6) is -0.269. The van der Waals surface area contributed by atoms with Gasteiger partial charge >= 0.3 is 0 Å². The molecule has 0 saturated carbocycles. The molecule has 0 radical (unpaired) electrons. The van der Waals surface area contributed by atoms with Gasteiger partial charge < -0.3 is 5.73 Å². The van der Waals surface area contributed by atoms with Crippen molar-refractivity contribution >= 4 is 34.4 Å². The van der Waals surface area contributed by atoms with E-state index >= 15 is 0 Å². The van der Waals surface area contributed by atoms with Gasteiger partial charge in [0.2, 0.25) is 0 Å². The van der Waals surface area contributed by atoms with E-state index in [9.17, 15) is 4.39 Å². The minimum Gasteiger partial charge on any atom is -0.375 e. The van der Waals surface area contributed by atoms with Gasteiger partial charge in [0.05, 0.1) is 16.6 Å². The summed E-state index contributed by atoms with van der Waals surface area (Å²) in [6.45, 7) is 0. The summed E-state index contributed by atoms with van der Waals surface area (Å²) in [5, 5.41) is 8.28. The molecule has 20 heavy (non-hydrogen) atoms. The number of nitrogens with zero attached hydrogens (tertiary/aromatic N) is 2. The Morgan fingerprint density at radius 1 is 1.40 bits per heavy atom. The maximum absolute atomic E-state index is 13.4. The first-order chi connectivity index (χ1) is 9.65. The fourth-order valence-electron chi connectivity index (χ4n) is 2.28. The summed E-state index contributed by atoms with van der Waals surface area (Å²) in [6, 6.07) is 10.3. The zero-order chi connectivity index (χ0) is 14.1. The molecule has 0 bridgehead atoms. The summed E-state index contributed by atoms with van der Waals surface area (Å²) < 4.78 is 13.4. The molecule has 0 fully saturated rings. The van der Waals surface area contributed by atoms with Crippen LogP contribution in [0.25, 0.3) is 0 Å². The zero-order valence-corrected chi connectivity index (χ0v) is 12.1. The molecule has 0 amide bonds. The monoisotopic (exact) mass is 305 g/mol. The molecule has 1 aromatic carbocycles. The standard InChI is InChI=1S/C14H12FN3S2/c15-10-4-1-3-9(7-10)12-8-11(13-5-2-6-20-13)17-18(12)14(16)19/h1-7,12H,8H2,(H2,16,19). The van der Waals surface area contributed by atoms with E-state index in [0.717, 1.165) is 16.2 Å². The van der Waals surface area contributed by atoms with E-state index in [2.05, 4.69) is 5.10 Å². The topological polar surface area (TPSA) is 41.6 Å². The Morgan fingerprint density at radius 2 is 2.25 bits per heavy atom. The third kappa shape index (κ3) is 2.44. The first-order valence-corrected chi connectivity index (χ1v) is 7.39. The molecule has 0 spiro atoms. The van der Waals surface area contributed by atoms with Crippen molar-refractivity contribution in [2.45, 2.75) is 12.5 Å². The Kier molecular flexibility index (Phi) is 3.50. The van der Waals surface area contributed by atoms with Gasteiger partial charge in [-0.2, -0.15) is 5.10 Å². The minimum absolute atomic E-state index is 0.139. The SMILES string of the molecule is NC(=S)N1N=C(c2cccs2)CC1c1cccc(F)c1. The lowest BCUT2D eigenvalue weighted by molar-refractivity contribution is 0.371. The van der Waals surface area contributed by atoms with Gasteiger partial charge in [-0.25, -0.2) is 9.40 Å². The highest BCUT2D eigenvalue weighted by atomic mass is 32.1. The lowest BCUT2D eigenvalue weighted by Gasteiger charge is -2.21. The van der Waals surface area contributed by atoms with E-state index < -0.39 is 0 Å². The Labute approximate surface area is 125 Å². The van der Waals surface area contributed by atoms with Gasteiger partial charge in [0.25, 0.3) is 0 Å². The number of halogens is 1. The molecule has 2 aromatic rings. The van der Waals surface area contributed by atoms with Crippen LogP contribution < -0.4 is 5.73 Å². The number of hydrogen-bond acceptors (Lipinski definition) is 3. The largest absolute Gasteiger partial charge is 0.375 e. The van der Waals surface area contributed by atoms with Gasteiger partial charge in [-0.15, -0.1) is 11.3 Å². The van der Waals surface area contributed by atoms with Crippen LogP contribution in [0.1, 0.15) is 22.9 Å². The minimum atomic E-state index is -0.269. The van der Waals surface area contributed by atoms with Crippen LogP contribution in [0.15, 0.2) is 46.9 Å². The second kappa shape index (κ2) is 5.30. The predicted octanol–water partition coefficient (Wildman–Crippen LogP) is 3.28. The van der Waals surface area contributed by atoms with E-state index in [1.165, 1.54) is 12.1 Å². The molecule has 0 aliphatic carbocycles. The molecule has 102 valence electrons. The Balaban J connectivity index is 1.95. The third-order valence-corrected chi connectivity index (χ3v) is 4.28. The number of hydrogen-bond donors (Lipinski definition) is 1.